The van der Waals surface area contributed by atoms with Crippen LogP contribution >= 0.6 is 0 Å². The molecule has 1 N–H and O–H groups in total. The van der Waals surface area contributed by atoms with E-state index in [0.717, 1.165) is 12.1 Å². The van der Waals surface area contributed by atoms with Gasteiger partial charge in [0.05, 0.1) is 36.4 Å². The summed E-state index contributed by atoms with van der Waals surface area (Å²) in [5.74, 6) is 0.0119. The van der Waals surface area contributed by atoms with Crippen LogP contribution in [0.2, 0.25) is 0 Å². The van der Waals surface area contributed by atoms with Crippen LogP contribution in [0.5, 0.6) is 0 Å². The molecule has 6 nitrogen and oxygen atoms in total. The SMILES string of the molecule is O=C(CN(Cc1ccco1)[C@@H]1CCS(=O)(=O)C1)Nc1cccc(C(F)(F)F)c1. The molecule has 1 aromatic carbocycles. The van der Waals surface area contributed by atoms with E-state index in [1.54, 1.807) is 17.0 Å². The zero-order valence-electron chi connectivity index (χ0n) is 14.8. The minimum Gasteiger partial charge on any atom is -0.468 e. The largest absolute Gasteiger partial charge is 0.468 e. The van der Waals surface area contributed by atoms with Crippen LogP contribution in [0.25, 0.3) is 0 Å². The third-order valence-electron chi connectivity index (χ3n) is 4.48. The van der Waals surface area contributed by atoms with Crippen LogP contribution in [0.15, 0.2) is 47.1 Å². The van der Waals surface area contributed by atoms with Crippen molar-refractivity contribution >= 4 is 21.4 Å². The van der Waals surface area contributed by atoms with Crippen molar-refractivity contribution in [3.63, 3.8) is 0 Å². The maximum Gasteiger partial charge on any atom is 0.416 e. The molecular formula is C18H19F3N2O4S. The zero-order valence-corrected chi connectivity index (χ0v) is 15.6. The molecule has 0 unspecified atom stereocenters. The molecule has 1 fully saturated rings. The van der Waals surface area contributed by atoms with E-state index in [2.05, 4.69) is 5.32 Å². The Balaban J connectivity index is 1.70. The lowest BCUT2D eigenvalue weighted by Gasteiger charge is -2.26. The van der Waals surface area contributed by atoms with Crippen LogP contribution in [-0.2, 0) is 27.4 Å². The van der Waals surface area contributed by atoms with Crippen molar-refractivity contribution in [1.82, 2.24) is 4.90 Å². The fraction of sp³-hybridized carbons (Fsp3) is 0.389. The van der Waals surface area contributed by atoms with Crippen molar-refractivity contribution in [2.75, 3.05) is 23.4 Å². The normalized spacial score (nSPS) is 19.1. The van der Waals surface area contributed by atoms with Gasteiger partial charge in [-0.05, 0) is 36.8 Å². The number of nitrogens with one attached hydrogen (secondary N) is 1. The first kappa shape index (κ1) is 20.4. The molecule has 2 aromatic rings. The second-order valence-electron chi connectivity index (χ2n) is 6.67. The summed E-state index contributed by atoms with van der Waals surface area (Å²) < 4.78 is 67.3. The Hall–Kier alpha value is -2.33. The predicted octanol–water partition coefficient (Wildman–Crippen LogP) is 2.93. The number of benzene rings is 1. The summed E-state index contributed by atoms with van der Waals surface area (Å²) in [5.41, 5.74) is -0.837. The van der Waals surface area contributed by atoms with E-state index >= 15 is 0 Å². The summed E-state index contributed by atoms with van der Waals surface area (Å²) in [5, 5.41) is 2.45. The Labute approximate surface area is 160 Å². The average molecular weight is 416 g/mol. The van der Waals surface area contributed by atoms with Gasteiger partial charge in [0.25, 0.3) is 0 Å². The van der Waals surface area contributed by atoms with Gasteiger partial charge in [0.15, 0.2) is 9.84 Å². The summed E-state index contributed by atoms with van der Waals surface area (Å²) in [6, 6.07) is 7.38. The summed E-state index contributed by atoms with van der Waals surface area (Å²) in [7, 11) is -3.17. The number of hydrogen-bond acceptors (Lipinski definition) is 5. The summed E-state index contributed by atoms with van der Waals surface area (Å²) in [6.45, 7) is 0.0559. The first-order chi connectivity index (χ1) is 13.1. The highest BCUT2D eigenvalue weighted by Gasteiger charge is 2.34. The Morgan fingerprint density at radius 3 is 2.64 bits per heavy atom. The number of anilines is 1. The number of rotatable bonds is 6. The molecule has 1 aliphatic rings. The van der Waals surface area contributed by atoms with Gasteiger partial charge in [0.2, 0.25) is 5.91 Å². The molecule has 1 atom stereocenters. The molecule has 0 aliphatic carbocycles. The Kier molecular flexibility index (Phi) is 5.80. The lowest BCUT2D eigenvalue weighted by atomic mass is 10.2. The van der Waals surface area contributed by atoms with Gasteiger partial charge in [0, 0.05) is 11.7 Å². The number of amides is 1. The quantitative estimate of drug-likeness (QED) is 0.783. The van der Waals surface area contributed by atoms with E-state index in [-0.39, 0.29) is 36.3 Å². The van der Waals surface area contributed by atoms with Crippen LogP contribution in [0, 0.1) is 0 Å². The second-order valence-corrected chi connectivity index (χ2v) is 8.90. The molecule has 3 rings (SSSR count). The number of carbonyl (C=O) groups is 1. The number of sulfone groups is 1. The topological polar surface area (TPSA) is 79.6 Å². The lowest BCUT2D eigenvalue weighted by Crippen LogP contribution is -2.41. The Morgan fingerprint density at radius 1 is 1.25 bits per heavy atom. The average Bonchev–Trinajstić information content (AvgIpc) is 3.23. The zero-order chi connectivity index (χ0) is 20.4. The fourth-order valence-electron chi connectivity index (χ4n) is 3.14. The number of furan rings is 1. The fourth-order valence-corrected chi connectivity index (χ4v) is 4.90. The van der Waals surface area contributed by atoms with E-state index in [0.29, 0.717) is 12.2 Å². The number of hydrogen-bond donors (Lipinski definition) is 1. The van der Waals surface area contributed by atoms with Gasteiger partial charge in [-0.2, -0.15) is 13.2 Å². The van der Waals surface area contributed by atoms with Crippen LogP contribution in [0.3, 0.4) is 0 Å². The van der Waals surface area contributed by atoms with Gasteiger partial charge in [-0.25, -0.2) is 8.42 Å². The number of halogens is 3. The third-order valence-corrected chi connectivity index (χ3v) is 6.23. The molecule has 28 heavy (non-hydrogen) atoms. The summed E-state index contributed by atoms with van der Waals surface area (Å²) in [4.78, 5) is 14.1. The Bertz CT molecular complexity index is 927. The van der Waals surface area contributed by atoms with Crippen molar-refractivity contribution in [3.8, 4) is 0 Å². The molecule has 1 saturated heterocycles. The highest BCUT2D eigenvalue weighted by Crippen LogP contribution is 2.30. The van der Waals surface area contributed by atoms with Crippen molar-refractivity contribution in [2.45, 2.75) is 25.2 Å². The first-order valence-corrected chi connectivity index (χ1v) is 10.4. The van der Waals surface area contributed by atoms with E-state index in [9.17, 15) is 26.4 Å². The van der Waals surface area contributed by atoms with Crippen LogP contribution in [-0.4, -0.2) is 43.3 Å². The lowest BCUT2D eigenvalue weighted by molar-refractivity contribution is -0.137. The highest BCUT2D eigenvalue weighted by atomic mass is 32.2. The first-order valence-electron chi connectivity index (χ1n) is 8.56. The van der Waals surface area contributed by atoms with E-state index in [4.69, 9.17) is 4.42 Å². The second kappa shape index (κ2) is 7.96. The van der Waals surface area contributed by atoms with E-state index < -0.39 is 27.5 Å². The maximum absolute atomic E-state index is 12.8. The van der Waals surface area contributed by atoms with Gasteiger partial charge < -0.3 is 9.73 Å². The van der Waals surface area contributed by atoms with Gasteiger partial charge in [-0.1, -0.05) is 6.07 Å². The predicted molar refractivity (Wildman–Crippen MR) is 96.3 cm³/mol. The standard InChI is InChI=1S/C18H19F3N2O4S/c19-18(20,21)13-3-1-4-14(9-13)22-17(24)11-23(10-16-5-2-7-27-16)15-6-8-28(25,26)12-15/h1-5,7,9,15H,6,8,10-12H2,(H,22,24)/t15-/m1/s1. The van der Waals surface area contributed by atoms with E-state index in [1.807, 2.05) is 0 Å². The number of alkyl halides is 3. The van der Waals surface area contributed by atoms with Crippen LogP contribution in [0.1, 0.15) is 17.7 Å². The van der Waals surface area contributed by atoms with Gasteiger partial charge in [-0.15, -0.1) is 0 Å². The van der Waals surface area contributed by atoms with Gasteiger partial charge >= 0.3 is 6.18 Å². The minimum absolute atomic E-state index is 0.0248. The molecular weight excluding hydrogens is 397 g/mol. The van der Waals surface area contributed by atoms with Crippen molar-refractivity contribution < 1.29 is 30.8 Å². The number of nitrogens with zero attached hydrogens (tertiary/aromatic N) is 1. The molecule has 0 radical (unpaired) electrons. The van der Waals surface area contributed by atoms with Crippen LogP contribution in [0.4, 0.5) is 18.9 Å². The molecule has 1 aliphatic heterocycles. The maximum atomic E-state index is 12.8. The third kappa shape index (κ3) is 5.35. The summed E-state index contributed by atoms with van der Waals surface area (Å²) >= 11 is 0. The Morgan fingerprint density at radius 2 is 2.04 bits per heavy atom. The van der Waals surface area contributed by atoms with E-state index in [1.165, 1.54) is 18.4 Å². The summed E-state index contributed by atoms with van der Waals surface area (Å²) in [6.07, 6.45) is -2.65. The number of carbonyl (C=O) groups excluding carboxylic acids is 1. The van der Waals surface area contributed by atoms with Gasteiger partial charge in [-0.3, -0.25) is 9.69 Å². The molecule has 0 bridgehead atoms. The highest BCUT2D eigenvalue weighted by molar-refractivity contribution is 7.91. The van der Waals surface area contributed by atoms with Crippen LogP contribution < -0.4 is 5.32 Å². The molecule has 2 heterocycles. The molecule has 0 spiro atoms. The minimum atomic E-state index is -4.51. The smallest absolute Gasteiger partial charge is 0.416 e. The molecule has 0 saturated carbocycles. The van der Waals surface area contributed by atoms with Crippen molar-refractivity contribution in [2.24, 2.45) is 0 Å². The van der Waals surface area contributed by atoms with Crippen molar-refractivity contribution in [3.05, 3.63) is 54.0 Å². The molecule has 1 aromatic heterocycles. The van der Waals surface area contributed by atoms with Gasteiger partial charge in [0.1, 0.15) is 5.76 Å². The molecule has 1 amide bonds. The molecule has 152 valence electrons. The molecule has 10 heteroatoms. The monoisotopic (exact) mass is 416 g/mol. The van der Waals surface area contributed by atoms with Crippen molar-refractivity contribution in [1.29, 1.82) is 0 Å².